The molecule has 3 amide bonds. The highest BCUT2D eigenvalue weighted by Crippen LogP contribution is 2.19. The van der Waals surface area contributed by atoms with E-state index in [-0.39, 0.29) is 25.2 Å². The van der Waals surface area contributed by atoms with Crippen molar-refractivity contribution in [2.75, 3.05) is 18.5 Å². The quantitative estimate of drug-likeness (QED) is 0.627. The second-order valence-corrected chi connectivity index (χ2v) is 4.71. The van der Waals surface area contributed by atoms with Crippen LogP contribution in [0.5, 0.6) is 0 Å². The number of amides is 3. The highest BCUT2D eigenvalue weighted by Gasteiger charge is 2.44. The van der Waals surface area contributed by atoms with Crippen LogP contribution in [0.3, 0.4) is 0 Å². The third-order valence-corrected chi connectivity index (χ3v) is 3.19. The molecule has 0 aromatic heterocycles. The van der Waals surface area contributed by atoms with Crippen LogP contribution in [0.2, 0.25) is 0 Å². The molecule has 1 unspecified atom stereocenters. The Morgan fingerprint density at radius 2 is 2.10 bits per heavy atom. The number of hydrogen-bond donors (Lipinski definition) is 4. The molecule has 1 fully saturated rings. The summed E-state index contributed by atoms with van der Waals surface area (Å²) in [6, 6.07) is 5.34. The number of aliphatic carboxylic acids is 1. The maximum Gasteiger partial charge on any atom is 0.332 e. The Kier molecular flexibility index (Phi) is 4.08. The molecule has 112 valence electrons. The molecule has 0 saturated carbocycles. The first-order chi connectivity index (χ1) is 9.93. The normalized spacial score (nSPS) is 20.8. The summed E-state index contributed by atoms with van der Waals surface area (Å²) in [5.74, 6) is -1.77. The Balaban J connectivity index is 2.06. The van der Waals surface area contributed by atoms with Crippen LogP contribution in [-0.4, -0.2) is 41.8 Å². The van der Waals surface area contributed by atoms with Crippen LogP contribution < -0.4 is 16.4 Å². The second-order valence-electron chi connectivity index (χ2n) is 4.71. The molecule has 1 aliphatic rings. The van der Waals surface area contributed by atoms with Crippen LogP contribution in [-0.2, 0) is 9.53 Å². The second kappa shape index (κ2) is 5.80. The van der Waals surface area contributed by atoms with Crippen molar-refractivity contribution < 1.29 is 24.2 Å². The summed E-state index contributed by atoms with van der Waals surface area (Å²) in [5.41, 5.74) is 4.30. The van der Waals surface area contributed by atoms with Gasteiger partial charge < -0.3 is 26.2 Å². The Bertz CT molecular complexity index is 581. The third kappa shape index (κ3) is 3.29. The first-order valence-corrected chi connectivity index (χ1v) is 6.23. The minimum atomic E-state index is -1.43. The maximum absolute atomic E-state index is 11.9. The molecule has 1 aromatic rings. The SMILES string of the molecule is NC(=O)c1cccc(NC(=O)NC2(C(=O)O)CCOC2)c1. The summed E-state index contributed by atoms with van der Waals surface area (Å²) in [5, 5.41) is 14.1. The van der Waals surface area contributed by atoms with Gasteiger partial charge in [0.2, 0.25) is 5.91 Å². The van der Waals surface area contributed by atoms with Crippen molar-refractivity contribution in [3.05, 3.63) is 29.8 Å². The minimum Gasteiger partial charge on any atom is -0.479 e. The van der Waals surface area contributed by atoms with Gasteiger partial charge in [0, 0.05) is 24.3 Å². The van der Waals surface area contributed by atoms with Gasteiger partial charge in [-0.1, -0.05) is 6.07 Å². The van der Waals surface area contributed by atoms with Crippen LogP contribution in [0.1, 0.15) is 16.8 Å². The molecule has 1 aromatic carbocycles. The van der Waals surface area contributed by atoms with Gasteiger partial charge in [-0.15, -0.1) is 0 Å². The Morgan fingerprint density at radius 3 is 2.67 bits per heavy atom. The molecular weight excluding hydrogens is 278 g/mol. The zero-order valence-corrected chi connectivity index (χ0v) is 11.1. The standard InChI is InChI=1S/C13H15N3O5/c14-10(17)8-2-1-3-9(6-8)15-12(20)16-13(11(18)19)4-5-21-7-13/h1-3,6H,4-5,7H2,(H2,14,17)(H,18,19)(H2,15,16,20). The number of ether oxygens (including phenoxy) is 1. The number of carbonyl (C=O) groups is 3. The molecule has 8 heteroatoms. The monoisotopic (exact) mass is 293 g/mol. The van der Waals surface area contributed by atoms with Crippen molar-refractivity contribution in [2.24, 2.45) is 5.73 Å². The highest BCUT2D eigenvalue weighted by atomic mass is 16.5. The first-order valence-electron chi connectivity index (χ1n) is 6.23. The number of rotatable bonds is 4. The number of nitrogens with two attached hydrogens (primary N) is 1. The van der Waals surface area contributed by atoms with Crippen molar-refractivity contribution in [2.45, 2.75) is 12.0 Å². The molecule has 2 rings (SSSR count). The van der Waals surface area contributed by atoms with E-state index in [0.717, 1.165) is 0 Å². The number of anilines is 1. The van der Waals surface area contributed by atoms with E-state index in [2.05, 4.69) is 10.6 Å². The van der Waals surface area contributed by atoms with Crippen molar-refractivity contribution in [3.63, 3.8) is 0 Å². The fraction of sp³-hybridized carbons (Fsp3) is 0.308. The number of hydrogen-bond acceptors (Lipinski definition) is 4. The van der Waals surface area contributed by atoms with Gasteiger partial charge in [-0.3, -0.25) is 4.79 Å². The number of carboxylic acids is 1. The number of benzene rings is 1. The summed E-state index contributed by atoms with van der Waals surface area (Å²) in [6.45, 7) is 0.181. The van der Waals surface area contributed by atoms with Gasteiger partial charge in [0.05, 0.1) is 6.61 Å². The summed E-state index contributed by atoms with van der Waals surface area (Å²) in [6.07, 6.45) is 0.192. The lowest BCUT2D eigenvalue weighted by Crippen LogP contribution is -2.56. The Morgan fingerprint density at radius 1 is 1.33 bits per heavy atom. The molecule has 8 nitrogen and oxygen atoms in total. The van der Waals surface area contributed by atoms with Gasteiger partial charge in [0.25, 0.3) is 0 Å². The number of primary amides is 1. The average Bonchev–Trinajstić information content (AvgIpc) is 2.88. The third-order valence-electron chi connectivity index (χ3n) is 3.19. The lowest BCUT2D eigenvalue weighted by atomic mass is 9.99. The molecular formula is C13H15N3O5. The lowest BCUT2D eigenvalue weighted by Gasteiger charge is -2.23. The summed E-state index contributed by atoms with van der Waals surface area (Å²) in [7, 11) is 0. The molecule has 21 heavy (non-hydrogen) atoms. The molecule has 0 radical (unpaired) electrons. The van der Waals surface area contributed by atoms with Gasteiger partial charge in [0.15, 0.2) is 5.54 Å². The van der Waals surface area contributed by atoms with Crippen LogP contribution in [0.25, 0.3) is 0 Å². The van der Waals surface area contributed by atoms with Gasteiger partial charge in [0.1, 0.15) is 0 Å². The molecule has 0 aliphatic carbocycles. The van der Waals surface area contributed by atoms with Crippen LogP contribution in [0, 0.1) is 0 Å². The molecule has 1 aliphatic heterocycles. The molecule has 0 spiro atoms. The average molecular weight is 293 g/mol. The van der Waals surface area contributed by atoms with Gasteiger partial charge in [-0.05, 0) is 18.2 Å². The van der Waals surface area contributed by atoms with Crippen LogP contribution in [0.15, 0.2) is 24.3 Å². The predicted octanol–water partition coefficient (Wildman–Crippen LogP) is 0.151. The molecule has 1 atom stereocenters. The van der Waals surface area contributed by atoms with Crippen molar-refractivity contribution in [1.82, 2.24) is 5.32 Å². The summed E-state index contributed by atoms with van der Waals surface area (Å²) in [4.78, 5) is 34.2. The van der Waals surface area contributed by atoms with Crippen LogP contribution >= 0.6 is 0 Å². The van der Waals surface area contributed by atoms with E-state index >= 15 is 0 Å². The fourth-order valence-electron chi connectivity index (χ4n) is 2.02. The molecule has 1 heterocycles. The number of urea groups is 1. The van der Waals surface area contributed by atoms with E-state index in [9.17, 15) is 19.5 Å². The highest BCUT2D eigenvalue weighted by molar-refractivity contribution is 5.97. The molecule has 0 bridgehead atoms. The molecule has 1 saturated heterocycles. The van der Waals surface area contributed by atoms with E-state index in [1.165, 1.54) is 12.1 Å². The maximum atomic E-state index is 11.9. The van der Waals surface area contributed by atoms with Gasteiger partial charge >= 0.3 is 12.0 Å². The fourth-order valence-corrected chi connectivity index (χ4v) is 2.02. The number of nitrogens with one attached hydrogen (secondary N) is 2. The minimum absolute atomic E-state index is 0.0862. The lowest BCUT2D eigenvalue weighted by molar-refractivity contribution is -0.144. The van der Waals surface area contributed by atoms with E-state index < -0.39 is 23.4 Å². The van der Waals surface area contributed by atoms with Crippen molar-refractivity contribution in [3.8, 4) is 0 Å². The topological polar surface area (TPSA) is 131 Å². The zero-order chi connectivity index (χ0) is 15.5. The zero-order valence-electron chi connectivity index (χ0n) is 11.1. The molecule has 5 N–H and O–H groups in total. The van der Waals surface area contributed by atoms with Crippen molar-refractivity contribution >= 4 is 23.6 Å². The predicted molar refractivity (Wildman–Crippen MR) is 72.9 cm³/mol. The summed E-state index contributed by atoms with van der Waals surface area (Å²) < 4.78 is 5.04. The van der Waals surface area contributed by atoms with E-state index in [1.54, 1.807) is 12.1 Å². The Labute approximate surface area is 120 Å². The van der Waals surface area contributed by atoms with E-state index in [0.29, 0.717) is 5.69 Å². The van der Waals surface area contributed by atoms with Gasteiger partial charge in [-0.25, -0.2) is 9.59 Å². The van der Waals surface area contributed by atoms with Crippen LogP contribution in [0.4, 0.5) is 10.5 Å². The van der Waals surface area contributed by atoms with E-state index in [4.69, 9.17) is 10.5 Å². The number of carboxylic acid groups (broad SMARTS) is 1. The smallest absolute Gasteiger partial charge is 0.332 e. The Hall–Kier alpha value is -2.61. The first kappa shape index (κ1) is 14.8. The van der Waals surface area contributed by atoms with Crippen molar-refractivity contribution in [1.29, 1.82) is 0 Å². The van der Waals surface area contributed by atoms with Gasteiger partial charge in [-0.2, -0.15) is 0 Å². The summed E-state index contributed by atoms with van der Waals surface area (Å²) >= 11 is 0. The van der Waals surface area contributed by atoms with E-state index in [1.807, 2.05) is 0 Å². The number of carbonyl (C=O) groups excluding carboxylic acids is 2. The largest absolute Gasteiger partial charge is 0.479 e.